The molecule has 0 bridgehead atoms. The first-order chi connectivity index (χ1) is 16.9. The van der Waals surface area contributed by atoms with E-state index in [1.54, 1.807) is 12.1 Å². The van der Waals surface area contributed by atoms with E-state index in [4.69, 9.17) is 18.9 Å². The molecule has 0 saturated carbocycles. The van der Waals surface area contributed by atoms with Gasteiger partial charge in [-0.2, -0.15) is 0 Å². The van der Waals surface area contributed by atoms with Gasteiger partial charge < -0.3 is 18.9 Å². The maximum Gasteiger partial charge on any atom is 0.197 e. The molecule has 0 atom stereocenters. The van der Waals surface area contributed by atoms with Gasteiger partial charge in [0.25, 0.3) is 0 Å². The molecule has 1 aromatic heterocycles. The van der Waals surface area contributed by atoms with E-state index < -0.39 is 11.6 Å². The van der Waals surface area contributed by atoms with Gasteiger partial charge in [0.2, 0.25) is 0 Å². The van der Waals surface area contributed by atoms with Crippen molar-refractivity contribution in [3.8, 4) is 23.0 Å². The van der Waals surface area contributed by atoms with Crippen LogP contribution in [0.4, 0.5) is 8.78 Å². The minimum Gasteiger partial charge on any atom is -0.493 e. The highest BCUT2D eigenvalue weighted by Gasteiger charge is 2.26. The minimum atomic E-state index is -0.567. The summed E-state index contributed by atoms with van der Waals surface area (Å²) in [4.78, 5) is 14.8. The smallest absolute Gasteiger partial charge is 0.197 e. The van der Waals surface area contributed by atoms with Gasteiger partial charge in [-0.3, -0.25) is 9.69 Å². The first kappa shape index (κ1) is 25.2. The maximum absolute atomic E-state index is 15.3. The molecule has 0 saturated heterocycles. The van der Waals surface area contributed by atoms with Crippen molar-refractivity contribution >= 4 is 27.2 Å². The molecule has 0 aliphatic carbocycles. The lowest BCUT2D eigenvalue weighted by Gasteiger charge is -2.15. The van der Waals surface area contributed by atoms with Crippen molar-refractivity contribution in [3.63, 3.8) is 0 Å². The van der Waals surface area contributed by atoms with Crippen molar-refractivity contribution in [2.24, 2.45) is 0 Å². The number of nitrogens with zero attached hydrogens (tertiary/aromatic N) is 1. The Morgan fingerprint density at radius 1 is 1.00 bits per heavy atom. The lowest BCUT2D eigenvalue weighted by molar-refractivity contribution is 0.0985. The van der Waals surface area contributed by atoms with Gasteiger partial charge in [-0.05, 0) is 31.2 Å². The van der Waals surface area contributed by atoms with E-state index in [1.807, 2.05) is 24.9 Å². The lowest BCUT2D eigenvalue weighted by atomic mass is 10.1. The first-order valence-electron chi connectivity index (χ1n) is 11.5. The van der Waals surface area contributed by atoms with Gasteiger partial charge in [0.15, 0.2) is 40.4 Å². The predicted molar refractivity (Wildman–Crippen MR) is 131 cm³/mol. The number of carbonyl (C=O) groups excluding carboxylic acids is 1. The Labute approximate surface area is 207 Å². The van der Waals surface area contributed by atoms with Gasteiger partial charge in [-0.1, -0.05) is 6.92 Å². The zero-order chi connectivity index (χ0) is 25.1. The Bertz CT molecular complexity index is 1240. The van der Waals surface area contributed by atoms with Crippen LogP contribution in [0.25, 0.3) is 10.1 Å². The van der Waals surface area contributed by atoms with Crippen LogP contribution in [0.1, 0.15) is 47.0 Å². The van der Waals surface area contributed by atoms with Crippen molar-refractivity contribution in [2.45, 2.75) is 39.3 Å². The summed E-state index contributed by atoms with van der Waals surface area (Å²) in [5.41, 5.74) is 1.51. The molecule has 1 aliphatic rings. The van der Waals surface area contributed by atoms with E-state index in [2.05, 4.69) is 0 Å². The molecule has 3 aromatic rings. The van der Waals surface area contributed by atoms with Crippen molar-refractivity contribution in [1.82, 2.24) is 4.90 Å². The van der Waals surface area contributed by atoms with Gasteiger partial charge >= 0.3 is 0 Å². The molecule has 4 rings (SSSR count). The van der Waals surface area contributed by atoms with E-state index >= 15 is 8.78 Å². The second kappa shape index (κ2) is 10.8. The highest BCUT2D eigenvalue weighted by molar-refractivity contribution is 7.20. The van der Waals surface area contributed by atoms with E-state index in [0.29, 0.717) is 52.2 Å². The molecule has 0 unspecified atom stereocenters. The average Bonchev–Trinajstić information content (AvgIpc) is 3.44. The van der Waals surface area contributed by atoms with Gasteiger partial charge in [0, 0.05) is 47.6 Å². The fraction of sp³-hybridized carbons (Fsp3) is 0.423. The topological polar surface area (TPSA) is 57.2 Å². The summed E-state index contributed by atoms with van der Waals surface area (Å²) in [7, 11) is 4.84. The van der Waals surface area contributed by atoms with Crippen LogP contribution in [-0.2, 0) is 13.1 Å². The number of methoxy groups -OCH3 is 2. The van der Waals surface area contributed by atoms with Crippen molar-refractivity contribution in [1.29, 1.82) is 0 Å². The lowest BCUT2D eigenvalue weighted by Crippen LogP contribution is -2.09. The fourth-order valence-electron chi connectivity index (χ4n) is 4.19. The Morgan fingerprint density at radius 3 is 2.31 bits per heavy atom. The Kier molecular flexibility index (Phi) is 7.76. The standard InChI is InChI=1S/C26H29F2NO5S/c1-5-7-18(30)22-11-16-21(35-22)12-20(32-4)26(23(16)27)34-9-6-8-33-25-19(31-3)10-15-13-29(2)14-17(15)24(25)28/h10-12H,5-9,13-14H2,1-4H3. The van der Waals surface area contributed by atoms with Gasteiger partial charge in [0.05, 0.1) is 32.3 Å². The number of hydrogen-bond acceptors (Lipinski definition) is 7. The monoisotopic (exact) mass is 505 g/mol. The van der Waals surface area contributed by atoms with E-state index in [-0.39, 0.29) is 36.2 Å². The summed E-state index contributed by atoms with van der Waals surface area (Å²) in [6.07, 6.45) is 1.53. The first-order valence-corrected chi connectivity index (χ1v) is 12.3. The molecule has 0 radical (unpaired) electrons. The maximum atomic E-state index is 15.3. The molecular formula is C26H29F2NO5S. The summed E-state index contributed by atoms with van der Waals surface area (Å²) >= 11 is 1.25. The Balaban J connectivity index is 1.43. The molecule has 2 aromatic carbocycles. The second-order valence-corrected chi connectivity index (χ2v) is 9.58. The molecule has 0 N–H and O–H groups in total. The van der Waals surface area contributed by atoms with Crippen LogP contribution in [0, 0.1) is 11.6 Å². The number of halogens is 2. The Hall–Kier alpha value is -2.91. The zero-order valence-corrected chi connectivity index (χ0v) is 21.2. The van der Waals surface area contributed by atoms with Crippen molar-refractivity contribution in [2.75, 3.05) is 34.5 Å². The molecule has 1 aliphatic heterocycles. The summed E-state index contributed by atoms with van der Waals surface area (Å²) < 4.78 is 53.0. The molecule has 188 valence electrons. The number of benzene rings is 2. The number of hydrogen-bond donors (Lipinski definition) is 0. The highest BCUT2D eigenvalue weighted by atomic mass is 32.1. The summed E-state index contributed by atoms with van der Waals surface area (Å²) in [6, 6.07) is 5.06. The molecule has 9 heteroatoms. The summed E-state index contributed by atoms with van der Waals surface area (Å²) in [5.74, 6) is -0.320. The molecule has 35 heavy (non-hydrogen) atoms. The Morgan fingerprint density at radius 2 is 1.66 bits per heavy atom. The number of rotatable bonds is 11. The molecule has 6 nitrogen and oxygen atoms in total. The van der Waals surface area contributed by atoms with E-state index in [9.17, 15) is 4.79 Å². The quantitative estimate of drug-likeness (QED) is 0.236. The van der Waals surface area contributed by atoms with Crippen LogP contribution in [0.5, 0.6) is 23.0 Å². The minimum absolute atomic E-state index is 0.00690. The zero-order valence-electron chi connectivity index (χ0n) is 20.3. The van der Waals surface area contributed by atoms with Crippen LogP contribution in [0.2, 0.25) is 0 Å². The third kappa shape index (κ3) is 5.06. The third-order valence-corrected chi connectivity index (χ3v) is 7.03. The van der Waals surface area contributed by atoms with Crippen LogP contribution in [0.3, 0.4) is 0 Å². The number of fused-ring (bicyclic) bond motifs is 2. The molecule has 0 amide bonds. The largest absolute Gasteiger partial charge is 0.493 e. The van der Waals surface area contributed by atoms with Gasteiger partial charge in [-0.15, -0.1) is 11.3 Å². The molecular weight excluding hydrogens is 476 g/mol. The van der Waals surface area contributed by atoms with Gasteiger partial charge in [0.1, 0.15) is 0 Å². The number of Topliss-reactive ketones (excluding diaryl/α,β-unsaturated/α-hetero) is 1. The van der Waals surface area contributed by atoms with E-state index in [1.165, 1.54) is 25.6 Å². The normalized spacial score (nSPS) is 13.2. The summed E-state index contributed by atoms with van der Waals surface area (Å²) in [5, 5.41) is 0.330. The second-order valence-electron chi connectivity index (χ2n) is 8.50. The average molecular weight is 506 g/mol. The van der Waals surface area contributed by atoms with Crippen LogP contribution < -0.4 is 18.9 Å². The fourth-order valence-corrected chi connectivity index (χ4v) is 5.25. The van der Waals surface area contributed by atoms with Crippen molar-refractivity contribution in [3.05, 3.63) is 45.8 Å². The van der Waals surface area contributed by atoms with Crippen LogP contribution >= 0.6 is 11.3 Å². The number of ketones is 1. The number of ether oxygens (including phenoxy) is 4. The summed E-state index contributed by atoms with van der Waals surface area (Å²) in [6.45, 7) is 3.38. The molecule has 2 heterocycles. The molecule has 0 fully saturated rings. The third-order valence-electron chi connectivity index (χ3n) is 5.91. The van der Waals surface area contributed by atoms with Crippen LogP contribution in [0.15, 0.2) is 18.2 Å². The number of carbonyl (C=O) groups is 1. The highest BCUT2D eigenvalue weighted by Crippen LogP contribution is 2.41. The van der Waals surface area contributed by atoms with Crippen LogP contribution in [-0.4, -0.2) is 45.2 Å². The van der Waals surface area contributed by atoms with E-state index in [0.717, 1.165) is 12.0 Å². The van der Waals surface area contributed by atoms with Crippen molar-refractivity contribution < 1.29 is 32.5 Å². The molecule has 0 spiro atoms. The SMILES string of the molecule is CCCC(=O)c1cc2c(F)c(OCCCOc3c(OC)cc4c(c3F)CN(C)C4)c(OC)cc2s1. The van der Waals surface area contributed by atoms with Gasteiger partial charge in [-0.25, -0.2) is 8.78 Å². The predicted octanol–water partition coefficient (Wildman–Crippen LogP) is 5.97. The number of thiophene rings is 1.